The lowest BCUT2D eigenvalue weighted by Crippen LogP contribution is -2.45. The van der Waals surface area contributed by atoms with E-state index in [4.69, 9.17) is 15.6 Å². The van der Waals surface area contributed by atoms with Crippen LogP contribution >= 0.6 is 0 Å². The molecule has 0 bridgehead atoms. The zero-order valence-electron chi connectivity index (χ0n) is 9.87. The van der Waals surface area contributed by atoms with Crippen LogP contribution in [0, 0.1) is 5.82 Å². The molecule has 0 spiro atoms. The van der Waals surface area contributed by atoms with Gasteiger partial charge in [0, 0.05) is 0 Å². The molecule has 4 nitrogen and oxygen atoms in total. The second kappa shape index (κ2) is 5.14. The van der Waals surface area contributed by atoms with Crippen molar-refractivity contribution in [3.63, 3.8) is 0 Å². The molecule has 0 aliphatic carbocycles. The first-order valence-corrected chi connectivity index (χ1v) is 5.21. The van der Waals surface area contributed by atoms with Crippen molar-refractivity contribution in [2.24, 2.45) is 5.73 Å². The molecule has 1 aromatic rings. The maximum atomic E-state index is 13.1. The lowest BCUT2D eigenvalue weighted by atomic mass is 9.94. The van der Waals surface area contributed by atoms with Crippen LogP contribution < -0.4 is 10.5 Å². The second-order valence-corrected chi connectivity index (χ2v) is 4.18. The summed E-state index contributed by atoms with van der Waals surface area (Å²) in [5.41, 5.74) is 4.90. The Morgan fingerprint density at radius 3 is 2.76 bits per heavy atom. The van der Waals surface area contributed by atoms with E-state index in [9.17, 15) is 9.18 Å². The standard InChI is InChI=1S/C12H16FNO3/c1-12(14,11(15)16)6-5-8-7-9(13)3-4-10(8)17-2/h3-4,7H,5-6,14H2,1-2H3,(H,15,16). The second-order valence-electron chi connectivity index (χ2n) is 4.18. The van der Waals surface area contributed by atoms with E-state index in [0.717, 1.165) is 0 Å². The summed E-state index contributed by atoms with van der Waals surface area (Å²) >= 11 is 0. The Labute approximate surface area is 99.2 Å². The van der Waals surface area contributed by atoms with Crippen molar-refractivity contribution < 1.29 is 19.0 Å². The normalized spacial score (nSPS) is 14.1. The molecule has 0 aliphatic heterocycles. The molecule has 0 heterocycles. The van der Waals surface area contributed by atoms with Gasteiger partial charge >= 0.3 is 5.97 Å². The molecule has 0 saturated carbocycles. The van der Waals surface area contributed by atoms with Gasteiger partial charge in [-0.15, -0.1) is 0 Å². The van der Waals surface area contributed by atoms with Gasteiger partial charge in [-0.2, -0.15) is 0 Å². The van der Waals surface area contributed by atoms with Crippen LogP contribution in [-0.2, 0) is 11.2 Å². The molecule has 0 saturated heterocycles. The number of rotatable bonds is 5. The molecule has 3 N–H and O–H groups in total. The summed E-state index contributed by atoms with van der Waals surface area (Å²) in [7, 11) is 1.48. The number of carboxylic acid groups (broad SMARTS) is 1. The van der Waals surface area contributed by atoms with Crippen LogP contribution in [0.3, 0.4) is 0 Å². The number of hydrogen-bond acceptors (Lipinski definition) is 3. The average Bonchev–Trinajstić information content (AvgIpc) is 2.26. The first-order chi connectivity index (χ1) is 7.86. The number of halogens is 1. The third-order valence-electron chi connectivity index (χ3n) is 2.64. The quantitative estimate of drug-likeness (QED) is 0.820. The van der Waals surface area contributed by atoms with E-state index < -0.39 is 11.5 Å². The van der Waals surface area contributed by atoms with Gasteiger partial charge in [0.2, 0.25) is 0 Å². The van der Waals surface area contributed by atoms with E-state index >= 15 is 0 Å². The van der Waals surface area contributed by atoms with Crippen LogP contribution in [0.2, 0.25) is 0 Å². The van der Waals surface area contributed by atoms with Gasteiger partial charge in [-0.1, -0.05) is 0 Å². The van der Waals surface area contributed by atoms with Crippen molar-refractivity contribution in [3.05, 3.63) is 29.6 Å². The highest BCUT2D eigenvalue weighted by molar-refractivity contribution is 5.77. The Morgan fingerprint density at radius 2 is 2.24 bits per heavy atom. The highest BCUT2D eigenvalue weighted by Gasteiger charge is 2.27. The summed E-state index contributed by atoms with van der Waals surface area (Å²) in [5.74, 6) is -0.921. The number of carboxylic acids is 1. The summed E-state index contributed by atoms with van der Waals surface area (Å²) in [6.45, 7) is 1.43. The molecule has 94 valence electrons. The molecule has 1 rings (SSSR count). The minimum Gasteiger partial charge on any atom is -0.496 e. The highest BCUT2D eigenvalue weighted by atomic mass is 19.1. The van der Waals surface area contributed by atoms with Crippen LogP contribution in [0.5, 0.6) is 5.75 Å². The van der Waals surface area contributed by atoms with Crippen molar-refractivity contribution in [1.29, 1.82) is 0 Å². The summed E-state index contributed by atoms with van der Waals surface area (Å²) in [6.07, 6.45) is 0.558. The first kappa shape index (κ1) is 13.4. The zero-order chi connectivity index (χ0) is 13.1. The summed E-state index contributed by atoms with van der Waals surface area (Å²) in [6, 6.07) is 4.14. The molecular weight excluding hydrogens is 225 g/mol. The monoisotopic (exact) mass is 241 g/mol. The van der Waals surface area contributed by atoms with E-state index in [1.54, 1.807) is 0 Å². The van der Waals surface area contributed by atoms with E-state index in [0.29, 0.717) is 17.7 Å². The number of hydrogen-bond donors (Lipinski definition) is 2. The molecule has 0 amide bonds. The third-order valence-corrected chi connectivity index (χ3v) is 2.64. The predicted octanol–water partition coefficient (Wildman–Crippen LogP) is 1.57. The largest absolute Gasteiger partial charge is 0.496 e. The Bertz CT molecular complexity index is 418. The van der Waals surface area contributed by atoms with Gasteiger partial charge in [0.25, 0.3) is 0 Å². The molecule has 5 heteroatoms. The lowest BCUT2D eigenvalue weighted by molar-refractivity contribution is -0.142. The van der Waals surface area contributed by atoms with E-state index in [1.807, 2.05) is 0 Å². The summed E-state index contributed by atoms with van der Waals surface area (Å²) in [5, 5.41) is 8.87. The fraction of sp³-hybridized carbons (Fsp3) is 0.417. The van der Waals surface area contributed by atoms with Crippen molar-refractivity contribution in [2.45, 2.75) is 25.3 Å². The van der Waals surface area contributed by atoms with Gasteiger partial charge in [0.15, 0.2) is 0 Å². The Hall–Kier alpha value is -1.62. The molecule has 1 unspecified atom stereocenters. The Balaban J connectivity index is 2.81. The maximum absolute atomic E-state index is 13.1. The third kappa shape index (κ3) is 3.42. The molecule has 0 aliphatic rings. The number of nitrogens with two attached hydrogens (primary N) is 1. The van der Waals surface area contributed by atoms with Crippen LogP contribution in [0.25, 0.3) is 0 Å². The van der Waals surface area contributed by atoms with Crippen molar-refractivity contribution in [2.75, 3.05) is 7.11 Å². The Kier molecular flexibility index (Phi) is 4.07. The fourth-order valence-electron chi connectivity index (χ4n) is 1.44. The van der Waals surface area contributed by atoms with Crippen LogP contribution in [0.1, 0.15) is 18.9 Å². The van der Waals surface area contributed by atoms with Crippen molar-refractivity contribution >= 4 is 5.97 Å². The molecule has 0 aromatic heterocycles. The zero-order valence-corrected chi connectivity index (χ0v) is 9.87. The molecule has 0 radical (unpaired) electrons. The molecule has 1 atom stereocenters. The number of ether oxygens (including phenoxy) is 1. The number of carbonyl (C=O) groups is 1. The van der Waals surface area contributed by atoms with Crippen LogP contribution in [0.15, 0.2) is 18.2 Å². The fourth-order valence-corrected chi connectivity index (χ4v) is 1.44. The first-order valence-electron chi connectivity index (χ1n) is 5.21. The molecular formula is C12H16FNO3. The number of benzene rings is 1. The number of aliphatic carboxylic acids is 1. The smallest absolute Gasteiger partial charge is 0.323 e. The van der Waals surface area contributed by atoms with Gasteiger partial charge in [-0.25, -0.2) is 4.39 Å². The van der Waals surface area contributed by atoms with E-state index in [1.165, 1.54) is 32.2 Å². The van der Waals surface area contributed by atoms with Gasteiger partial charge < -0.3 is 15.6 Å². The number of aryl methyl sites for hydroxylation is 1. The van der Waals surface area contributed by atoms with Crippen molar-refractivity contribution in [3.8, 4) is 5.75 Å². The van der Waals surface area contributed by atoms with Gasteiger partial charge in [-0.3, -0.25) is 4.79 Å². The lowest BCUT2D eigenvalue weighted by Gasteiger charge is -2.19. The van der Waals surface area contributed by atoms with Gasteiger partial charge in [-0.05, 0) is 43.5 Å². The summed E-state index contributed by atoms with van der Waals surface area (Å²) < 4.78 is 18.1. The van der Waals surface area contributed by atoms with Gasteiger partial charge in [0.1, 0.15) is 17.1 Å². The molecule has 0 fully saturated rings. The topological polar surface area (TPSA) is 72.5 Å². The average molecular weight is 241 g/mol. The Morgan fingerprint density at radius 1 is 1.59 bits per heavy atom. The van der Waals surface area contributed by atoms with Crippen LogP contribution in [0.4, 0.5) is 4.39 Å². The van der Waals surface area contributed by atoms with Gasteiger partial charge in [0.05, 0.1) is 7.11 Å². The maximum Gasteiger partial charge on any atom is 0.323 e. The van der Waals surface area contributed by atoms with Crippen LogP contribution in [-0.4, -0.2) is 23.7 Å². The highest BCUT2D eigenvalue weighted by Crippen LogP contribution is 2.22. The minimum atomic E-state index is -1.32. The minimum absolute atomic E-state index is 0.210. The SMILES string of the molecule is COc1ccc(F)cc1CCC(C)(N)C(=O)O. The molecule has 17 heavy (non-hydrogen) atoms. The predicted molar refractivity (Wildman–Crippen MR) is 61.5 cm³/mol. The molecule has 1 aromatic carbocycles. The van der Waals surface area contributed by atoms with E-state index in [2.05, 4.69) is 0 Å². The van der Waals surface area contributed by atoms with E-state index in [-0.39, 0.29) is 12.2 Å². The summed E-state index contributed by atoms with van der Waals surface area (Å²) in [4.78, 5) is 10.8. The number of methoxy groups -OCH3 is 1. The van der Waals surface area contributed by atoms with Crippen molar-refractivity contribution in [1.82, 2.24) is 0 Å².